The highest BCUT2D eigenvalue weighted by Gasteiger charge is 2.16. The summed E-state index contributed by atoms with van der Waals surface area (Å²) in [6.45, 7) is 3.97. The fourth-order valence-electron chi connectivity index (χ4n) is 2.28. The van der Waals surface area contributed by atoms with Gasteiger partial charge in [0.2, 0.25) is 0 Å². The minimum absolute atomic E-state index is 0.0127. The fourth-order valence-corrected chi connectivity index (χ4v) is 2.28. The number of aromatic nitrogens is 1. The van der Waals surface area contributed by atoms with Crippen LogP contribution < -0.4 is 15.4 Å². The van der Waals surface area contributed by atoms with Gasteiger partial charge in [0.15, 0.2) is 6.61 Å². The van der Waals surface area contributed by atoms with Crippen molar-refractivity contribution in [3.63, 3.8) is 0 Å². The number of amides is 1. The van der Waals surface area contributed by atoms with Gasteiger partial charge < -0.3 is 20.1 Å². The summed E-state index contributed by atoms with van der Waals surface area (Å²) < 4.78 is 10.9. The van der Waals surface area contributed by atoms with Crippen LogP contribution in [0.25, 0.3) is 0 Å². The van der Waals surface area contributed by atoms with E-state index >= 15 is 0 Å². The Hall–Kier alpha value is -1.66. The van der Waals surface area contributed by atoms with Crippen LogP contribution in [-0.4, -0.2) is 43.8 Å². The molecule has 0 aromatic carbocycles. The molecule has 0 bridgehead atoms. The molecule has 2 heterocycles. The second-order valence-corrected chi connectivity index (χ2v) is 5.17. The van der Waals surface area contributed by atoms with Gasteiger partial charge in [0.05, 0.1) is 5.69 Å². The normalized spacial score (nSPS) is 15.7. The summed E-state index contributed by atoms with van der Waals surface area (Å²) in [6.07, 6.45) is 1.73. The number of aryl methyl sites for hydroxylation is 1. The molecular weight excluding hydrogens is 270 g/mol. The summed E-state index contributed by atoms with van der Waals surface area (Å²) in [7, 11) is 1.85. The van der Waals surface area contributed by atoms with Crippen molar-refractivity contribution in [2.75, 3.05) is 26.9 Å². The van der Waals surface area contributed by atoms with E-state index in [1.165, 1.54) is 0 Å². The predicted molar refractivity (Wildman–Crippen MR) is 79.2 cm³/mol. The minimum atomic E-state index is -0.0992. The van der Waals surface area contributed by atoms with Crippen molar-refractivity contribution in [1.82, 2.24) is 15.6 Å². The molecule has 0 spiro atoms. The molecule has 6 heteroatoms. The van der Waals surface area contributed by atoms with E-state index in [0.29, 0.717) is 25.5 Å². The fraction of sp³-hybridized carbons (Fsp3) is 0.600. The molecule has 0 unspecified atom stereocenters. The van der Waals surface area contributed by atoms with E-state index in [9.17, 15) is 4.79 Å². The molecule has 1 aliphatic rings. The summed E-state index contributed by atoms with van der Waals surface area (Å²) in [5, 5.41) is 6.02. The van der Waals surface area contributed by atoms with E-state index in [2.05, 4.69) is 15.6 Å². The molecule has 0 saturated carbocycles. The van der Waals surface area contributed by atoms with Gasteiger partial charge in [-0.25, -0.2) is 0 Å². The number of hydrogen-bond donors (Lipinski definition) is 2. The first-order valence-electron chi connectivity index (χ1n) is 7.30. The van der Waals surface area contributed by atoms with Gasteiger partial charge in [-0.15, -0.1) is 0 Å². The molecule has 0 atom stereocenters. The first kappa shape index (κ1) is 15.7. The molecule has 1 aromatic rings. The monoisotopic (exact) mass is 293 g/mol. The predicted octanol–water partition coefficient (Wildman–Crippen LogP) is 0.783. The van der Waals surface area contributed by atoms with Gasteiger partial charge in [-0.1, -0.05) is 0 Å². The lowest BCUT2D eigenvalue weighted by molar-refractivity contribution is -0.124. The number of nitrogens with one attached hydrogen (secondary N) is 2. The first-order valence-corrected chi connectivity index (χ1v) is 7.30. The molecule has 6 nitrogen and oxygen atoms in total. The molecule has 2 rings (SSSR count). The van der Waals surface area contributed by atoms with Crippen LogP contribution in [0.1, 0.15) is 24.2 Å². The van der Waals surface area contributed by atoms with Crippen molar-refractivity contribution in [3.05, 3.63) is 23.5 Å². The maximum Gasteiger partial charge on any atom is 0.258 e. The summed E-state index contributed by atoms with van der Waals surface area (Å²) in [5.41, 5.74) is 1.75. The summed E-state index contributed by atoms with van der Waals surface area (Å²) in [4.78, 5) is 16.3. The van der Waals surface area contributed by atoms with Crippen LogP contribution >= 0.6 is 0 Å². The van der Waals surface area contributed by atoms with Crippen LogP contribution in [-0.2, 0) is 16.1 Å². The number of hydrogen-bond acceptors (Lipinski definition) is 5. The van der Waals surface area contributed by atoms with Crippen molar-refractivity contribution >= 4 is 5.91 Å². The van der Waals surface area contributed by atoms with Crippen molar-refractivity contribution in [2.24, 2.45) is 0 Å². The van der Waals surface area contributed by atoms with Gasteiger partial charge in [0, 0.05) is 31.5 Å². The number of ether oxygens (including phenoxy) is 2. The van der Waals surface area contributed by atoms with E-state index in [-0.39, 0.29) is 18.6 Å². The van der Waals surface area contributed by atoms with Gasteiger partial charge in [-0.3, -0.25) is 9.78 Å². The standard InChI is InChI=1S/C15H23N3O3/c1-11-3-4-14(13(17-11)9-16-2)21-10-15(19)18-12-5-7-20-8-6-12/h3-4,12,16H,5-10H2,1-2H3,(H,18,19). The van der Waals surface area contributed by atoms with E-state index < -0.39 is 0 Å². The molecule has 2 N–H and O–H groups in total. The summed E-state index contributed by atoms with van der Waals surface area (Å²) in [6, 6.07) is 3.93. The number of nitrogens with zero attached hydrogens (tertiary/aromatic N) is 1. The van der Waals surface area contributed by atoms with Crippen LogP contribution in [0.2, 0.25) is 0 Å². The molecule has 1 amide bonds. The highest BCUT2D eigenvalue weighted by Crippen LogP contribution is 2.16. The average molecular weight is 293 g/mol. The van der Waals surface area contributed by atoms with Gasteiger partial charge in [-0.2, -0.15) is 0 Å². The molecule has 116 valence electrons. The Labute approximate surface area is 125 Å². The average Bonchev–Trinajstić information content (AvgIpc) is 2.48. The second kappa shape index (κ2) is 7.95. The summed E-state index contributed by atoms with van der Waals surface area (Å²) in [5.74, 6) is 0.551. The smallest absolute Gasteiger partial charge is 0.258 e. The third kappa shape index (κ3) is 4.99. The lowest BCUT2D eigenvalue weighted by Gasteiger charge is -2.23. The molecule has 0 aliphatic carbocycles. The molecule has 0 radical (unpaired) electrons. The maximum atomic E-state index is 11.9. The zero-order valence-corrected chi connectivity index (χ0v) is 12.6. The Morgan fingerprint density at radius 3 is 2.90 bits per heavy atom. The Kier molecular flexibility index (Phi) is 5.95. The van der Waals surface area contributed by atoms with Crippen molar-refractivity contribution in [1.29, 1.82) is 0 Å². The van der Waals surface area contributed by atoms with E-state index in [0.717, 1.165) is 24.2 Å². The molecule has 1 fully saturated rings. The lowest BCUT2D eigenvalue weighted by Crippen LogP contribution is -2.41. The second-order valence-electron chi connectivity index (χ2n) is 5.17. The Morgan fingerprint density at radius 2 is 2.19 bits per heavy atom. The van der Waals surface area contributed by atoms with Gasteiger partial charge >= 0.3 is 0 Å². The lowest BCUT2D eigenvalue weighted by atomic mass is 10.1. The maximum absolute atomic E-state index is 11.9. The molecule has 21 heavy (non-hydrogen) atoms. The Morgan fingerprint density at radius 1 is 1.43 bits per heavy atom. The third-order valence-electron chi connectivity index (χ3n) is 3.36. The highest BCUT2D eigenvalue weighted by molar-refractivity contribution is 5.77. The molecule has 1 saturated heterocycles. The number of rotatable bonds is 6. The minimum Gasteiger partial charge on any atom is -0.482 e. The van der Waals surface area contributed by atoms with Gasteiger partial charge in [0.1, 0.15) is 5.75 Å². The molecular formula is C15H23N3O3. The topological polar surface area (TPSA) is 72.5 Å². The number of pyridine rings is 1. The van der Waals surface area contributed by atoms with Gasteiger partial charge in [0.25, 0.3) is 5.91 Å². The SMILES string of the molecule is CNCc1nc(C)ccc1OCC(=O)NC1CCOCC1. The first-order chi connectivity index (χ1) is 10.2. The number of carbonyl (C=O) groups excluding carboxylic acids is 1. The van der Waals surface area contributed by atoms with Crippen LogP contribution in [0, 0.1) is 6.92 Å². The Bertz CT molecular complexity index is 473. The van der Waals surface area contributed by atoms with E-state index in [1.807, 2.05) is 26.1 Å². The zero-order chi connectivity index (χ0) is 15.1. The van der Waals surface area contributed by atoms with Crippen LogP contribution in [0.3, 0.4) is 0 Å². The van der Waals surface area contributed by atoms with Crippen LogP contribution in [0.4, 0.5) is 0 Å². The van der Waals surface area contributed by atoms with Crippen molar-refractivity contribution in [3.8, 4) is 5.75 Å². The zero-order valence-electron chi connectivity index (χ0n) is 12.6. The van der Waals surface area contributed by atoms with Crippen LogP contribution in [0.5, 0.6) is 5.75 Å². The number of carbonyl (C=O) groups is 1. The molecule has 1 aliphatic heterocycles. The van der Waals surface area contributed by atoms with Crippen molar-refractivity contribution in [2.45, 2.75) is 32.4 Å². The van der Waals surface area contributed by atoms with E-state index in [4.69, 9.17) is 9.47 Å². The van der Waals surface area contributed by atoms with Gasteiger partial charge in [-0.05, 0) is 38.9 Å². The van der Waals surface area contributed by atoms with Crippen LogP contribution in [0.15, 0.2) is 12.1 Å². The Balaban J connectivity index is 1.85. The van der Waals surface area contributed by atoms with E-state index in [1.54, 1.807) is 0 Å². The quantitative estimate of drug-likeness (QED) is 0.811. The molecule has 1 aromatic heterocycles. The summed E-state index contributed by atoms with van der Waals surface area (Å²) >= 11 is 0. The third-order valence-corrected chi connectivity index (χ3v) is 3.36. The largest absolute Gasteiger partial charge is 0.482 e. The highest BCUT2D eigenvalue weighted by atomic mass is 16.5. The van der Waals surface area contributed by atoms with Crippen molar-refractivity contribution < 1.29 is 14.3 Å².